The molecule has 1 spiro atoms. The van der Waals surface area contributed by atoms with Crippen molar-refractivity contribution in [1.29, 1.82) is 0 Å². The Morgan fingerprint density at radius 1 is 1.31 bits per heavy atom. The Morgan fingerprint density at radius 2 is 2.08 bits per heavy atom. The summed E-state index contributed by atoms with van der Waals surface area (Å²) >= 11 is 0. The lowest BCUT2D eigenvalue weighted by Gasteiger charge is -2.53. The predicted molar refractivity (Wildman–Crippen MR) is 101 cm³/mol. The van der Waals surface area contributed by atoms with Gasteiger partial charge in [0, 0.05) is 26.2 Å². The van der Waals surface area contributed by atoms with Crippen molar-refractivity contribution in [2.45, 2.75) is 51.7 Å². The third-order valence-corrected chi connectivity index (χ3v) is 7.47. The molecule has 1 heterocycles. The van der Waals surface area contributed by atoms with Gasteiger partial charge in [0.2, 0.25) is 5.91 Å². The van der Waals surface area contributed by atoms with Gasteiger partial charge in [0.15, 0.2) is 0 Å². The van der Waals surface area contributed by atoms with Gasteiger partial charge in [-0.2, -0.15) is 0 Å². The number of carbonyl (C=O) groups is 1. The first-order chi connectivity index (χ1) is 12.5. The van der Waals surface area contributed by atoms with E-state index in [4.69, 9.17) is 9.47 Å². The van der Waals surface area contributed by atoms with Gasteiger partial charge in [-0.1, -0.05) is 44.2 Å². The highest BCUT2D eigenvalue weighted by Crippen LogP contribution is 2.70. The minimum absolute atomic E-state index is 0.119. The second-order valence-electron chi connectivity index (χ2n) is 8.99. The quantitative estimate of drug-likeness (QED) is 0.874. The van der Waals surface area contributed by atoms with Gasteiger partial charge >= 0.3 is 0 Å². The molecule has 3 aliphatic rings. The Balaban J connectivity index is 1.62. The molecule has 2 aliphatic carbocycles. The highest BCUT2D eigenvalue weighted by atomic mass is 16.5. The highest BCUT2D eigenvalue weighted by Gasteiger charge is 2.68. The lowest BCUT2D eigenvalue weighted by atomic mass is 9.59. The van der Waals surface area contributed by atoms with Gasteiger partial charge in [0.25, 0.3) is 0 Å². The van der Waals surface area contributed by atoms with Crippen LogP contribution in [0.2, 0.25) is 0 Å². The third-order valence-electron chi connectivity index (χ3n) is 7.47. The Kier molecular flexibility index (Phi) is 4.60. The topological polar surface area (TPSA) is 47.6 Å². The maximum Gasteiger partial charge on any atom is 0.222 e. The number of hydrogen-bond donors (Lipinski definition) is 1. The molecule has 142 valence electrons. The molecule has 2 saturated carbocycles. The summed E-state index contributed by atoms with van der Waals surface area (Å²) in [6.07, 6.45) is 4.07. The van der Waals surface area contributed by atoms with Crippen molar-refractivity contribution in [2.24, 2.45) is 22.7 Å². The van der Waals surface area contributed by atoms with Crippen LogP contribution < -0.4 is 5.32 Å². The van der Waals surface area contributed by atoms with E-state index in [9.17, 15) is 4.79 Å². The highest BCUT2D eigenvalue weighted by molar-refractivity contribution is 5.76. The zero-order valence-electron chi connectivity index (χ0n) is 16.2. The van der Waals surface area contributed by atoms with Gasteiger partial charge in [-0.15, -0.1) is 0 Å². The number of amides is 1. The monoisotopic (exact) mass is 357 g/mol. The molecule has 4 heteroatoms. The van der Waals surface area contributed by atoms with Crippen molar-refractivity contribution >= 4 is 5.91 Å². The van der Waals surface area contributed by atoms with Crippen LogP contribution in [0.25, 0.3) is 0 Å². The van der Waals surface area contributed by atoms with Crippen LogP contribution in [0.1, 0.15) is 51.2 Å². The minimum Gasteiger partial charge on any atom is -0.384 e. The number of nitrogens with one attached hydrogen (secondary N) is 1. The zero-order chi connectivity index (χ0) is 18.4. The molecule has 0 aromatic heterocycles. The van der Waals surface area contributed by atoms with Crippen molar-refractivity contribution in [3.63, 3.8) is 0 Å². The Labute approximate surface area is 156 Å². The molecule has 2 bridgehead atoms. The zero-order valence-corrected chi connectivity index (χ0v) is 16.2. The molecular formula is C22H31NO3. The van der Waals surface area contributed by atoms with Gasteiger partial charge in [0.05, 0.1) is 12.7 Å². The standard InChI is InChI=1S/C22H31NO3/c1-21(2)16-13-17-19(15-7-5-4-6-8-15)26-12-10-22(17,14-16)20(21)23-18(24)9-11-25-3/h4-8,16-17,19-20H,9-14H2,1-3H3,(H,23,24)/t16-,17-,19-,20+,22-/m1/s1. The summed E-state index contributed by atoms with van der Waals surface area (Å²) in [7, 11) is 1.65. The third kappa shape index (κ3) is 2.69. The van der Waals surface area contributed by atoms with Crippen molar-refractivity contribution in [3.05, 3.63) is 35.9 Å². The van der Waals surface area contributed by atoms with Crippen LogP contribution in [0, 0.1) is 22.7 Å². The van der Waals surface area contributed by atoms with E-state index < -0.39 is 0 Å². The van der Waals surface area contributed by atoms with Gasteiger partial charge in [-0.05, 0) is 47.5 Å². The Bertz CT molecular complexity index is 659. The number of carbonyl (C=O) groups excluding carboxylic acids is 1. The van der Waals surface area contributed by atoms with E-state index in [0.29, 0.717) is 24.9 Å². The Hall–Kier alpha value is -1.39. The number of fused-ring (bicyclic) bond motifs is 1. The number of benzene rings is 1. The SMILES string of the molecule is COCCC(=O)N[C@H]1C(C)(C)[C@@H]2C[C@@H]3[C@@H](c4ccccc4)OCC[C@@]31C2. The van der Waals surface area contributed by atoms with E-state index in [2.05, 4.69) is 49.5 Å². The number of rotatable bonds is 5. The van der Waals surface area contributed by atoms with Crippen molar-refractivity contribution in [2.75, 3.05) is 20.3 Å². The first kappa shape index (κ1) is 18.0. The molecule has 1 saturated heterocycles. The smallest absolute Gasteiger partial charge is 0.222 e. The van der Waals surface area contributed by atoms with Crippen molar-refractivity contribution < 1.29 is 14.3 Å². The van der Waals surface area contributed by atoms with Crippen LogP contribution in [0.4, 0.5) is 0 Å². The second kappa shape index (κ2) is 6.65. The largest absolute Gasteiger partial charge is 0.384 e. The van der Waals surface area contributed by atoms with Gasteiger partial charge in [0.1, 0.15) is 0 Å². The average Bonchev–Trinajstić information content (AvgIpc) is 3.13. The van der Waals surface area contributed by atoms with E-state index >= 15 is 0 Å². The second-order valence-corrected chi connectivity index (χ2v) is 8.99. The molecule has 1 N–H and O–H groups in total. The number of ether oxygens (including phenoxy) is 2. The summed E-state index contributed by atoms with van der Waals surface area (Å²) in [5.74, 6) is 1.26. The average molecular weight is 357 g/mol. The Morgan fingerprint density at radius 3 is 2.81 bits per heavy atom. The maximum atomic E-state index is 12.5. The molecule has 0 radical (unpaired) electrons. The molecule has 0 unspecified atom stereocenters. The van der Waals surface area contributed by atoms with Crippen LogP contribution in [-0.2, 0) is 14.3 Å². The lowest BCUT2D eigenvalue weighted by molar-refractivity contribution is -0.137. The van der Waals surface area contributed by atoms with Gasteiger partial charge < -0.3 is 14.8 Å². The molecule has 26 heavy (non-hydrogen) atoms. The first-order valence-electron chi connectivity index (χ1n) is 9.94. The lowest BCUT2D eigenvalue weighted by Crippen LogP contribution is -2.59. The summed E-state index contributed by atoms with van der Waals surface area (Å²) in [6, 6.07) is 10.9. The fourth-order valence-electron chi connectivity index (χ4n) is 6.19. The molecule has 1 amide bonds. The van der Waals surface area contributed by atoms with E-state index in [1.54, 1.807) is 7.11 Å². The van der Waals surface area contributed by atoms with E-state index in [0.717, 1.165) is 13.0 Å². The van der Waals surface area contributed by atoms with Crippen LogP contribution in [0.3, 0.4) is 0 Å². The van der Waals surface area contributed by atoms with Crippen LogP contribution in [-0.4, -0.2) is 32.3 Å². The minimum atomic E-state index is 0.119. The molecule has 3 fully saturated rings. The molecular weight excluding hydrogens is 326 g/mol. The van der Waals surface area contributed by atoms with Crippen molar-refractivity contribution in [3.8, 4) is 0 Å². The van der Waals surface area contributed by atoms with Crippen molar-refractivity contribution in [1.82, 2.24) is 5.32 Å². The fraction of sp³-hybridized carbons (Fsp3) is 0.682. The summed E-state index contributed by atoms with van der Waals surface area (Å²) in [6.45, 7) is 5.95. The van der Waals surface area contributed by atoms with Crippen LogP contribution in [0.5, 0.6) is 0 Å². The molecule has 1 aliphatic heterocycles. The van der Waals surface area contributed by atoms with Crippen LogP contribution in [0.15, 0.2) is 30.3 Å². The first-order valence-corrected chi connectivity index (χ1v) is 9.94. The number of hydrogen-bond acceptors (Lipinski definition) is 3. The summed E-state index contributed by atoms with van der Waals surface area (Å²) < 4.78 is 11.4. The van der Waals surface area contributed by atoms with E-state index in [1.807, 2.05) is 0 Å². The molecule has 4 rings (SSSR count). The molecule has 1 aromatic carbocycles. The van der Waals surface area contributed by atoms with E-state index in [1.165, 1.54) is 18.4 Å². The fourth-order valence-corrected chi connectivity index (χ4v) is 6.19. The maximum absolute atomic E-state index is 12.5. The normalized spacial score (nSPS) is 37.3. The van der Waals surface area contributed by atoms with Crippen LogP contribution >= 0.6 is 0 Å². The molecule has 4 nitrogen and oxygen atoms in total. The summed E-state index contributed by atoms with van der Waals surface area (Å²) in [5.41, 5.74) is 1.58. The predicted octanol–water partition coefficient (Wildman–Crippen LogP) is 3.72. The van der Waals surface area contributed by atoms with E-state index in [-0.39, 0.29) is 28.9 Å². The summed E-state index contributed by atoms with van der Waals surface area (Å²) in [5, 5.41) is 3.42. The molecule has 5 atom stereocenters. The summed E-state index contributed by atoms with van der Waals surface area (Å²) in [4.78, 5) is 12.5. The molecule has 1 aromatic rings. The number of methoxy groups -OCH3 is 1. The van der Waals surface area contributed by atoms with Gasteiger partial charge in [-0.3, -0.25) is 4.79 Å². The van der Waals surface area contributed by atoms with Gasteiger partial charge in [-0.25, -0.2) is 0 Å².